The van der Waals surface area contributed by atoms with Crippen molar-refractivity contribution in [3.05, 3.63) is 53.1 Å². The SMILES string of the molecule is COc1cc(C=CCO)cc2c1OC(c1ccc3c(c1)OCO3)C2C. The number of methoxy groups -OCH3 is 1. The lowest BCUT2D eigenvalue weighted by molar-refractivity contribution is 0.173. The van der Waals surface area contributed by atoms with Gasteiger partial charge >= 0.3 is 0 Å². The first-order chi connectivity index (χ1) is 12.2. The third-order valence-corrected chi connectivity index (χ3v) is 4.66. The number of rotatable bonds is 4. The van der Waals surface area contributed by atoms with E-state index < -0.39 is 0 Å². The molecule has 2 aliphatic rings. The summed E-state index contributed by atoms with van der Waals surface area (Å²) in [7, 11) is 1.64. The van der Waals surface area contributed by atoms with E-state index in [0.717, 1.165) is 33.9 Å². The van der Waals surface area contributed by atoms with Crippen molar-refractivity contribution in [2.45, 2.75) is 18.9 Å². The highest BCUT2D eigenvalue weighted by molar-refractivity contribution is 5.62. The van der Waals surface area contributed by atoms with E-state index in [0.29, 0.717) is 5.75 Å². The van der Waals surface area contributed by atoms with E-state index in [1.807, 2.05) is 30.3 Å². The summed E-state index contributed by atoms with van der Waals surface area (Å²) in [5.74, 6) is 3.15. The fourth-order valence-corrected chi connectivity index (χ4v) is 3.39. The summed E-state index contributed by atoms with van der Waals surface area (Å²) < 4.78 is 22.6. The van der Waals surface area contributed by atoms with Gasteiger partial charge in [0, 0.05) is 11.5 Å². The molecule has 0 spiro atoms. The molecule has 0 fully saturated rings. The summed E-state index contributed by atoms with van der Waals surface area (Å²) in [6, 6.07) is 9.92. The molecule has 0 aromatic heterocycles. The average Bonchev–Trinajstić information content (AvgIpc) is 3.23. The molecule has 0 radical (unpaired) electrons. The number of hydrogen-bond acceptors (Lipinski definition) is 5. The summed E-state index contributed by atoms with van der Waals surface area (Å²) >= 11 is 0. The van der Waals surface area contributed by atoms with Gasteiger partial charge in [0.25, 0.3) is 0 Å². The number of aliphatic hydroxyl groups is 1. The van der Waals surface area contributed by atoms with Crippen LogP contribution in [0.25, 0.3) is 6.08 Å². The Hall–Kier alpha value is -2.66. The fraction of sp³-hybridized carbons (Fsp3) is 0.300. The third-order valence-electron chi connectivity index (χ3n) is 4.66. The molecule has 2 unspecified atom stereocenters. The van der Waals surface area contributed by atoms with Crippen molar-refractivity contribution in [3.8, 4) is 23.0 Å². The summed E-state index contributed by atoms with van der Waals surface area (Å²) in [6.07, 6.45) is 3.47. The molecule has 0 bridgehead atoms. The predicted molar refractivity (Wildman–Crippen MR) is 93.5 cm³/mol. The van der Waals surface area contributed by atoms with Crippen LogP contribution in [0.1, 0.15) is 35.6 Å². The molecule has 5 heteroatoms. The maximum atomic E-state index is 9.00. The fourth-order valence-electron chi connectivity index (χ4n) is 3.39. The molecule has 2 heterocycles. The molecule has 2 aromatic carbocycles. The van der Waals surface area contributed by atoms with Gasteiger partial charge in [-0.05, 0) is 35.4 Å². The van der Waals surface area contributed by atoms with Gasteiger partial charge in [0.2, 0.25) is 6.79 Å². The maximum absolute atomic E-state index is 9.00. The summed E-state index contributed by atoms with van der Waals surface area (Å²) in [4.78, 5) is 0. The molecule has 2 aliphatic heterocycles. The van der Waals surface area contributed by atoms with Crippen LogP contribution >= 0.6 is 0 Å². The zero-order valence-electron chi connectivity index (χ0n) is 14.2. The van der Waals surface area contributed by atoms with Crippen LogP contribution < -0.4 is 18.9 Å². The summed E-state index contributed by atoms with van der Waals surface area (Å²) in [5, 5.41) is 9.00. The molecule has 1 N–H and O–H groups in total. The zero-order chi connectivity index (χ0) is 17.4. The molecular formula is C20H20O5. The molecule has 0 saturated carbocycles. The summed E-state index contributed by atoms with van der Waals surface area (Å²) in [5.41, 5.74) is 3.12. The van der Waals surface area contributed by atoms with Gasteiger partial charge in [0.05, 0.1) is 13.7 Å². The van der Waals surface area contributed by atoms with Gasteiger partial charge < -0.3 is 24.1 Å². The van der Waals surface area contributed by atoms with Gasteiger partial charge in [-0.15, -0.1) is 0 Å². The first kappa shape index (κ1) is 15.8. The Morgan fingerprint density at radius 2 is 2.04 bits per heavy atom. The Morgan fingerprint density at radius 1 is 1.20 bits per heavy atom. The van der Waals surface area contributed by atoms with E-state index in [2.05, 4.69) is 13.0 Å². The van der Waals surface area contributed by atoms with Crippen LogP contribution in [0.15, 0.2) is 36.4 Å². The van der Waals surface area contributed by atoms with E-state index in [1.54, 1.807) is 13.2 Å². The average molecular weight is 340 g/mol. The summed E-state index contributed by atoms with van der Waals surface area (Å²) in [6.45, 7) is 2.40. The Morgan fingerprint density at radius 3 is 2.84 bits per heavy atom. The molecule has 2 aromatic rings. The van der Waals surface area contributed by atoms with Gasteiger partial charge in [-0.25, -0.2) is 0 Å². The predicted octanol–water partition coefficient (Wildman–Crippen LogP) is 3.67. The van der Waals surface area contributed by atoms with Crippen molar-refractivity contribution in [2.75, 3.05) is 20.5 Å². The van der Waals surface area contributed by atoms with Crippen molar-refractivity contribution >= 4 is 6.08 Å². The molecule has 25 heavy (non-hydrogen) atoms. The van der Waals surface area contributed by atoms with Crippen LogP contribution in [0.5, 0.6) is 23.0 Å². The number of benzene rings is 2. The first-order valence-electron chi connectivity index (χ1n) is 8.27. The van der Waals surface area contributed by atoms with E-state index >= 15 is 0 Å². The highest BCUT2D eigenvalue weighted by Gasteiger charge is 2.35. The van der Waals surface area contributed by atoms with Crippen LogP contribution in [-0.4, -0.2) is 25.6 Å². The largest absolute Gasteiger partial charge is 0.493 e. The molecule has 4 rings (SSSR count). The third kappa shape index (κ3) is 2.70. The van der Waals surface area contributed by atoms with Gasteiger partial charge in [-0.2, -0.15) is 0 Å². The molecule has 0 aliphatic carbocycles. The zero-order valence-corrected chi connectivity index (χ0v) is 14.2. The van der Waals surface area contributed by atoms with Crippen LogP contribution in [0.2, 0.25) is 0 Å². The second kappa shape index (κ2) is 6.33. The molecule has 0 amide bonds. The molecule has 130 valence electrons. The topological polar surface area (TPSA) is 57.2 Å². The number of aliphatic hydroxyl groups excluding tert-OH is 1. The Bertz CT molecular complexity index is 827. The standard InChI is InChI=1S/C20H20O5/c1-12-15-8-13(4-3-7-21)9-18(22-2)20(15)25-19(12)14-5-6-16-17(10-14)24-11-23-16/h3-6,8-10,12,19,21H,7,11H2,1-2H3. The van der Waals surface area contributed by atoms with E-state index in [-0.39, 0.29) is 25.4 Å². The first-order valence-corrected chi connectivity index (χ1v) is 8.27. The monoisotopic (exact) mass is 340 g/mol. The Balaban J connectivity index is 1.70. The normalized spacial score (nSPS) is 20.6. The van der Waals surface area contributed by atoms with Crippen molar-refractivity contribution in [3.63, 3.8) is 0 Å². The quantitative estimate of drug-likeness (QED) is 0.920. The van der Waals surface area contributed by atoms with E-state index in [4.69, 9.17) is 24.1 Å². The minimum absolute atomic E-state index is 0.00523. The molecular weight excluding hydrogens is 320 g/mol. The highest BCUT2D eigenvalue weighted by Crippen LogP contribution is 2.51. The molecule has 0 saturated heterocycles. The highest BCUT2D eigenvalue weighted by atomic mass is 16.7. The second-order valence-electron chi connectivity index (χ2n) is 6.17. The minimum atomic E-state index is -0.115. The van der Waals surface area contributed by atoms with Crippen LogP contribution in [0.3, 0.4) is 0 Å². The van der Waals surface area contributed by atoms with Gasteiger partial charge in [0.15, 0.2) is 23.0 Å². The lowest BCUT2D eigenvalue weighted by atomic mass is 9.91. The van der Waals surface area contributed by atoms with E-state index in [9.17, 15) is 0 Å². The van der Waals surface area contributed by atoms with Crippen LogP contribution in [0, 0.1) is 0 Å². The minimum Gasteiger partial charge on any atom is -0.493 e. The lowest BCUT2D eigenvalue weighted by Gasteiger charge is -2.16. The van der Waals surface area contributed by atoms with Crippen molar-refractivity contribution in [1.82, 2.24) is 0 Å². The Labute approximate surface area is 146 Å². The van der Waals surface area contributed by atoms with Gasteiger partial charge in [0.1, 0.15) is 6.10 Å². The number of hydrogen-bond donors (Lipinski definition) is 1. The number of ether oxygens (including phenoxy) is 4. The number of fused-ring (bicyclic) bond motifs is 2. The lowest BCUT2D eigenvalue weighted by Crippen LogP contribution is -2.07. The van der Waals surface area contributed by atoms with Crippen molar-refractivity contribution in [1.29, 1.82) is 0 Å². The van der Waals surface area contributed by atoms with Crippen LogP contribution in [-0.2, 0) is 0 Å². The van der Waals surface area contributed by atoms with Crippen molar-refractivity contribution < 1.29 is 24.1 Å². The van der Waals surface area contributed by atoms with Gasteiger partial charge in [-0.3, -0.25) is 0 Å². The van der Waals surface area contributed by atoms with Gasteiger partial charge in [-0.1, -0.05) is 25.1 Å². The maximum Gasteiger partial charge on any atom is 0.231 e. The van der Waals surface area contributed by atoms with E-state index in [1.165, 1.54) is 0 Å². The Kier molecular flexibility index (Phi) is 4.01. The smallest absolute Gasteiger partial charge is 0.231 e. The molecule has 2 atom stereocenters. The van der Waals surface area contributed by atoms with Crippen LogP contribution in [0.4, 0.5) is 0 Å². The second-order valence-corrected chi connectivity index (χ2v) is 6.17. The molecule has 5 nitrogen and oxygen atoms in total. The van der Waals surface area contributed by atoms with Crippen molar-refractivity contribution in [2.24, 2.45) is 0 Å².